The van der Waals surface area contributed by atoms with Gasteiger partial charge in [0.25, 0.3) is 0 Å². The second-order valence-corrected chi connectivity index (χ2v) is 5.40. The lowest BCUT2D eigenvalue weighted by Gasteiger charge is -2.07. The van der Waals surface area contributed by atoms with Crippen molar-refractivity contribution in [1.29, 1.82) is 0 Å². The van der Waals surface area contributed by atoms with Gasteiger partial charge < -0.3 is 0 Å². The molecule has 0 aliphatic heterocycles. The topological polar surface area (TPSA) is 0 Å². The predicted molar refractivity (Wildman–Crippen MR) is 65.6 cm³/mol. The minimum atomic E-state index is 0.871. The summed E-state index contributed by atoms with van der Waals surface area (Å²) >= 11 is 2.14. The number of unbranched alkanes of at least 4 members (excludes halogenated alkanes) is 5. The average molecular weight is 202 g/mol. The van der Waals surface area contributed by atoms with Crippen LogP contribution in [0.4, 0.5) is 0 Å². The first-order chi connectivity index (χ1) is 6.31. The van der Waals surface area contributed by atoms with Gasteiger partial charge in [-0.2, -0.15) is 11.8 Å². The highest BCUT2D eigenvalue weighted by Crippen LogP contribution is 2.16. The highest BCUT2D eigenvalue weighted by molar-refractivity contribution is 7.99. The van der Waals surface area contributed by atoms with Gasteiger partial charge in [-0.05, 0) is 18.6 Å². The molecular formula is C12H26S. The van der Waals surface area contributed by atoms with E-state index in [2.05, 4.69) is 32.5 Å². The molecule has 1 atom stereocenters. The predicted octanol–water partition coefficient (Wildman–Crippen LogP) is 4.88. The Hall–Kier alpha value is 0.350. The van der Waals surface area contributed by atoms with E-state index in [-0.39, 0.29) is 0 Å². The molecule has 0 aromatic carbocycles. The van der Waals surface area contributed by atoms with Crippen molar-refractivity contribution in [1.82, 2.24) is 0 Å². The van der Waals surface area contributed by atoms with Gasteiger partial charge in [-0.3, -0.25) is 0 Å². The van der Waals surface area contributed by atoms with E-state index < -0.39 is 0 Å². The smallest absolute Gasteiger partial charge is 0.00160 e. The molecule has 0 fully saturated rings. The van der Waals surface area contributed by atoms with Crippen molar-refractivity contribution in [2.24, 2.45) is 0 Å². The summed E-state index contributed by atoms with van der Waals surface area (Å²) in [6.45, 7) is 6.89. The summed E-state index contributed by atoms with van der Waals surface area (Å²) in [5, 5.41) is 0.871. The van der Waals surface area contributed by atoms with E-state index in [1.54, 1.807) is 0 Å². The van der Waals surface area contributed by atoms with E-state index in [1.165, 1.54) is 50.7 Å². The van der Waals surface area contributed by atoms with Crippen molar-refractivity contribution in [3.8, 4) is 0 Å². The van der Waals surface area contributed by atoms with Crippen LogP contribution in [-0.2, 0) is 0 Å². The van der Waals surface area contributed by atoms with Crippen LogP contribution in [-0.4, -0.2) is 11.0 Å². The Morgan fingerprint density at radius 3 is 2.15 bits per heavy atom. The Labute approximate surface area is 88.9 Å². The van der Waals surface area contributed by atoms with Crippen LogP contribution in [0.25, 0.3) is 0 Å². The van der Waals surface area contributed by atoms with Gasteiger partial charge in [0.15, 0.2) is 0 Å². The van der Waals surface area contributed by atoms with Crippen LogP contribution in [0.3, 0.4) is 0 Å². The third-order valence-corrected chi connectivity index (χ3v) is 3.90. The molecule has 0 rings (SSSR count). The lowest BCUT2D eigenvalue weighted by molar-refractivity contribution is 0.626. The van der Waals surface area contributed by atoms with Crippen LogP contribution in [0.15, 0.2) is 0 Å². The Kier molecular flexibility index (Phi) is 10.7. The second kappa shape index (κ2) is 10.4. The molecule has 0 bridgehead atoms. The van der Waals surface area contributed by atoms with Gasteiger partial charge in [-0.1, -0.05) is 52.9 Å². The normalized spacial score (nSPS) is 13.2. The minimum absolute atomic E-state index is 0.871. The Bertz CT molecular complexity index is 91.1. The highest BCUT2D eigenvalue weighted by Gasteiger charge is 1.97. The fourth-order valence-corrected chi connectivity index (χ4v) is 2.29. The van der Waals surface area contributed by atoms with E-state index in [4.69, 9.17) is 0 Å². The number of hydrogen-bond donors (Lipinski definition) is 0. The van der Waals surface area contributed by atoms with E-state index in [9.17, 15) is 0 Å². The van der Waals surface area contributed by atoms with E-state index in [1.807, 2.05) is 0 Å². The van der Waals surface area contributed by atoms with E-state index in [0.717, 1.165) is 5.25 Å². The van der Waals surface area contributed by atoms with Gasteiger partial charge in [-0.25, -0.2) is 0 Å². The first kappa shape index (κ1) is 13.4. The second-order valence-electron chi connectivity index (χ2n) is 3.86. The molecule has 0 aromatic heterocycles. The minimum Gasteiger partial charge on any atom is -0.159 e. The largest absolute Gasteiger partial charge is 0.159 e. The Balaban J connectivity index is 2.91. The summed E-state index contributed by atoms with van der Waals surface area (Å²) in [7, 11) is 0. The SMILES string of the molecule is CCCCCCCCS[C@@H](C)CC. The molecule has 0 aliphatic carbocycles. The molecule has 0 nitrogen and oxygen atoms in total. The molecule has 0 aromatic rings. The average Bonchev–Trinajstić information content (AvgIpc) is 2.16. The zero-order valence-electron chi connectivity index (χ0n) is 9.64. The Morgan fingerprint density at radius 2 is 1.54 bits per heavy atom. The number of hydrogen-bond acceptors (Lipinski definition) is 1. The molecule has 0 unspecified atom stereocenters. The van der Waals surface area contributed by atoms with Crippen LogP contribution < -0.4 is 0 Å². The molecule has 1 heteroatoms. The highest BCUT2D eigenvalue weighted by atomic mass is 32.2. The summed E-state index contributed by atoms with van der Waals surface area (Å²) in [4.78, 5) is 0. The summed E-state index contributed by atoms with van der Waals surface area (Å²) in [5.41, 5.74) is 0. The quantitative estimate of drug-likeness (QED) is 0.480. The Morgan fingerprint density at radius 1 is 0.923 bits per heavy atom. The standard InChI is InChI=1S/C12H26S/c1-4-6-7-8-9-10-11-13-12(3)5-2/h12H,4-11H2,1-3H3/t12-/m0/s1. The van der Waals surface area contributed by atoms with Gasteiger partial charge in [-0.15, -0.1) is 0 Å². The summed E-state index contributed by atoms with van der Waals surface area (Å²) in [6.07, 6.45) is 9.89. The number of rotatable bonds is 9. The molecule has 0 aliphatic rings. The van der Waals surface area contributed by atoms with Crippen molar-refractivity contribution in [3.05, 3.63) is 0 Å². The molecule has 80 valence electrons. The first-order valence-electron chi connectivity index (χ1n) is 5.92. The zero-order chi connectivity index (χ0) is 9.94. The van der Waals surface area contributed by atoms with Crippen LogP contribution in [0.2, 0.25) is 0 Å². The van der Waals surface area contributed by atoms with Crippen LogP contribution in [0.5, 0.6) is 0 Å². The van der Waals surface area contributed by atoms with E-state index in [0.29, 0.717) is 0 Å². The molecule has 13 heavy (non-hydrogen) atoms. The lowest BCUT2D eigenvalue weighted by Crippen LogP contribution is -1.94. The van der Waals surface area contributed by atoms with Crippen LogP contribution in [0.1, 0.15) is 65.7 Å². The molecule has 0 heterocycles. The fraction of sp³-hybridized carbons (Fsp3) is 1.00. The zero-order valence-corrected chi connectivity index (χ0v) is 10.5. The maximum absolute atomic E-state index is 2.34. The van der Waals surface area contributed by atoms with Crippen molar-refractivity contribution in [2.75, 3.05) is 5.75 Å². The van der Waals surface area contributed by atoms with Gasteiger partial charge in [0.05, 0.1) is 0 Å². The van der Waals surface area contributed by atoms with Crippen molar-refractivity contribution >= 4 is 11.8 Å². The third kappa shape index (κ3) is 10.3. The molecule has 0 saturated carbocycles. The monoisotopic (exact) mass is 202 g/mol. The maximum atomic E-state index is 2.34. The molecular weight excluding hydrogens is 176 g/mol. The lowest BCUT2D eigenvalue weighted by atomic mass is 10.1. The van der Waals surface area contributed by atoms with Crippen LogP contribution in [0, 0.1) is 0 Å². The molecule has 0 amide bonds. The number of thioether (sulfide) groups is 1. The third-order valence-electron chi connectivity index (χ3n) is 2.48. The van der Waals surface area contributed by atoms with Gasteiger partial charge in [0.2, 0.25) is 0 Å². The van der Waals surface area contributed by atoms with Crippen molar-refractivity contribution < 1.29 is 0 Å². The van der Waals surface area contributed by atoms with Crippen molar-refractivity contribution in [2.45, 2.75) is 71.0 Å². The van der Waals surface area contributed by atoms with Crippen LogP contribution >= 0.6 is 11.8 Å². The van der Waals surface area contributed by atoms with Gasteiger partial charge >= 0.3 is 0 Å². The molecule has 0 spiro atoms. The maximum Gasteiger partial charge on any atom is 0.00160 e. The summed E-state index contributed by atoms with van der Waals surface area (Å²) in [5.74, 6) is 1.38. The van der Waals surface area contributed by atoms with Crippen molar-refractivity contribution in [3.63, 3.8) is 0 Å². The van der Waals surface area contributed by atoms with Gasteiger partial charge in [0.1, 0.15) is 0 Å². The molecule has 0 saturated heterocycles. The summed E-state index contributed by atoms with van der Waals surface area (Å²) in [6, 6.07) is 0. The first-order valence-corrected chi connectivity index (χ1v) is 6.97. The van der Waals surface area contributed by atoms with Gasteiger partial charge in [0, 0.05) is 5.25 Å². The fourth-order valence-electron chi connectivity index (χ4n) is 1.28. The summed E-state index contributed by atoms with van der Waals surface area (Å²) < 4.78 is 0. The molecule has 0 radical (unpaired) electrons. The van der Waals surface area contributed by atoms with E-state index >= 15 is 0 Å². The molecule has 0 N–H and O–H groups in total.